The van der Waals surface area contributed by atoms with Crippen LogP contribution in [0.1, 0.15) is 63.5 Å². The molecule has 1 heterocycles. The lowest BCUT2D eigenvalue weighted by Gasteiger charge is -2.29. The molecule has 158 valence electrons. The Hall–Kier alpha value is -1.93. The van der Waals surface area contributed by atoms with Crippen LogP contribution in [0.5, 0.6) is 0 Å². The number of hydrogen-bond donors (Lipinski definition) is 0. The number of fused-ring (bicyclic) bond motifs is 1. The summed E-state index contributed by atoms with van der Waals surface area (Å²) in [5, 5.41) is 4.43. The molecule has 0 aliphatic heterocycles. The van der Waals surface area contributed by atoms with Gasteiger partial charge in [-0.2, -0.15) is 0 Å². The fourth-order valence-electron chi connectivity index (χ4n) is 5.81. The van der Waals surface area contributed by atoms with E-state index in [1.54, 1.807) is 5.19 Å². The Morgan fingerprint density at radius 1 is 0.900 bits per heavy atom. The molecule has 0 atom stereocenters. The van der Waals surface area contributed by atoms with Crippen LogP contribution in [-0.2, 0) is 7.05 Å². The van der Waals surface area contributed by atoms with Crippen LogP contribution in [0, 0.1) is 6.92 Å². The van der Waals surface area contributed by atoms with Gasteiger partial charge in [0.1, 0.15) is 7.05 Å². The Kier molecular flexibility index (Phi) is 6.15. The number of nitrogens with zero attached hydrogens (tertiary/aromatic N) is 1. The number of aromatic nitrogens is 1. The fraction of sp³-hybridized carbons (Fsp3) is 0.464. The van der Waals surface area contributed by atoms with E-state index < -0.39 is 8.07 Å². The predicted molar refractivity (Wildman–Crippen MR) is 133 cm³/mol. The van der Waals surface area contributed by atoms with Gasteiger partial charge < -0.3 is 0 Å². The van der Waals surface area contributed by atoms with Crippen molar-refractivity contribution >= 4 is 24.0 Å². The number of benzene rings is 2. The molecule has 1 saturated carbocycles. The van der Waals surface area contributed by atoms with Crippen molar-refractivity contribution in [3.63, 3.8) is 0 Å². The van der Waals surface area contributed by atoms with Crippen molar-refractivity contribution in [1.82, 2.24) is 0 Å². The van der Waals surface area contributed by atoms with E-state index in [1.165, 1.54) is 77.0 Å². The minimum atomic E-state index is -1.37. The van der Waals surface area contributed by atoms with Crippen molar-refractivity contribution in [3.8, 4) is 11.3 Å². The maximum absolute atomic E-state index is 2.53. The van der Waals surface area contributed by atoms with Gasteiger partial charge in [-0.15, -0.1) is 0 Å². The van der Waals surface area contributed by atoms with E-state index in [0.717, 1.165) is 5.92 Å². The Balaban J connectivity index is 1.88. The Morgan fingerprint density at radius 3 is 2.27 bits per heavy atom. The molecule has 0 N–H and O–H groups in total. The molecule has 0 radical (unpaired) electrons. The van der Waals surface area contributed by atoms with E-state index in [0.29, 0.717) is 0 Å². The summed E-state index contributed by atoms with van der Waals surface area (Å²) in [4.78, 5) is 0. The van der Waals surface area contributed by atoms with Crippen molar-refractivity contribution in [2.45, 2.75) is 77.4 Å². The Morgan fingerprint density at radius 2 is 1.60 bits per heavy atom. The van der Waals surface area contributed by atoms with E-state index >= 15 is 0 Å². The van der Waals surface area contributed by atoms with Gasteiger partial charge in [-0.05, 0) is 54.3 Å². The minimum absolute atomic E-state index is 0.751. The summed E-state index contributed by atoms with van der Waals surface area (Å²) in [6.07, 6.45) is 7.74. The lowest BCUT2D eigenvalue weighted by Crippen LogP contribution is -2.45. The van der Waals surface area contributed by atoms with Crippen molar-refractivity contribution in [2.75, 3.05) is 0 Å². The van der Waals surface area contributed by atoms with E-state index in [1.807, 2.05) is 0 Å². The lowest BCUT2D eigenvalue weighted by atomic mass is 9.91. The van der Waals surface area contributed by atoms with E-state index in [4.69, 9.17) is 0 Å². The number of aryl methyl sites for hydroxylation is 2. The summed E-state index contributed by atoms with van der Waals surface area (Å²) >= 11 is 0. The monoisotopic (exact) mass is 416 g/mol. The van der Waals surface area contributed by atoms with E-state index in [2.05, 4.69) is 88.0 Å². The van der Waals surface area contributed by atoms with Gasteiger partial charge in [0.25, 0.3) is 0 Å². The zero-order valence-electron chi connectivity index (χ0n) is 19.6. The highest BCUT2D eigenvalue weighted by Gasteiger charge is 2.30. The van der Waals surface area contributed by atoms with Crippen LogP contribution < -0.4 is 9.75 Å². The number of hydrogen-bond acceptors (Lipinski definition) is 0. The average Bonchev–Trinajstić information content (AvgIpc) is 3.31. The van der Waals surface area contributed by atoms with Gasteiger partial charge in [0.2, 0.25) is 5.69 Å². The molecule has 2 heteroatoms. The molecule has 1 aliphatic carbocycles. The standard InChI is InChI=1S/C28H38NSi/c1-6-30(7-2,8-3)25-15-16-26-24(19-25)17-18-29(5)28(26)27-20-23(14-13-21(27)4)22-11-9-10-12-22/h13-20,22H,6-12H2,1-5H3/q+1. The first kappa shape index (κ1) is 21.3. The zero-order chi connectivity index (χ0) is 21.3. The van der Waals surface area contributed by atoms with Crippen LogP contribution in [0.4, 0.5) is 0 Å². The number of pyridine rings is 1. The topological polar surface area (TPSA) is 3.88 Å². The van der Waals surface area contributed by atoms with Gasteiger partial charge in [-0.25, -0.2) is 4.57 Å². The summed E-state index contributed by atoms with van der Waals surface area (Å²) in [5.41, 5.74) is 5.69. The molecule has 1 aliphatic rings. The first-order chi connectivity index (χ1) is 14.5. The van der Waals surface area contributed by atoms with Gasteiger partial charge in [0.15, 0.2) is 6.20 Å². The molecule has 30 heavy (non-hydrogen) atoms. The third kappa shape index (κ3) is 3.64. The van der Waals surface area contributed by atoms with E-state index in [9.17, 15) is 0 Å². The van der Waals surface area contributed by atoms with Crippen molar-refractivity contribution in [2.24, 2.45) is 7.05 Å². The molecule has 1 nitrogen and oxygen atoms in total. The molecule has 1 aromatic heterocycles. The minimum Gasteiger partial charge on any atom is -0.200 e. The largest absolute Gasteiger partial charge is 0.220 e. The van der Waals surface area contributed by atoms with E-state index in [-0.39, 0.29) is 0 Å². The predicted octanol–water partition coefficient (Wildman–Crippen LogP) is 7.01. The first-order valence-electron chi connectivity index (χ1n) is 12.1. The second-order valence-electron chi connectivity index (χ2n) is 9.47. The van der Waals surface area contributed by atoms with Crippen LogP contribution in [0.3, 0.4) is 0 Å². The molecule has 2 aromatic carbocycles. The van der Waals surface area contributed by atoms with Gasteiger partial charge in [-0.1, -0.05) is 81.2 Å². The molecule has 0 saturated heterocycles. The molecule has 0 spiro atoms. The molecule has 0 amide bonds. The zero-order valence-corrected chi connectivity index (χ0v) is 20.6. The van der Waals surface area contributed by atoms with Gasteiger partial charge >= 0.3 is 0 Å². The van der Waals surface area contributed by atoms with Gasteiger partial charge in [0, 0.05) is 11.6 Å². The molecular weight excluding hydrogens is 378 g/mol. The maximum atomic E-state index is 2.53. The third-order valence-electron chi connectivity index (χ3n) is 8.12. The highest BCUT2D eigenvalue weighted by Crippen LogP contribution is 2.37. The molecule has 4 rings (SSSR count). The summed E-state index contributed by atoms with van der Waals surface area (Å²) in [5.74, 6) is 0.751. The van der Waals surface area contributed by atoms with Crippen molar-refractivity contribution in [3.05, 3.63) is 59.8 Å². The third-order valence-corrected chi connectivity index (χ3v) is 13.7. The normalized spacial score (nSPS) is 15.2. The van der Waals surface area contributed by atoms with Crippen LogP contribution in [0.2, 0.25) is 18.1 Å². The fourth-order valence-corrected chi connectivity index (χ4v) is 9.43. The Labute approximate surface area is 184 Å². The highest BCUT2D eigenvalue weighted by molar-refractivity contribution is 6.91. The summed E-state index contributed by atoms with van der Waals surface area (Å²) in [7, 11) is 0.836. The van der Waals surface area contributed by atoms with Crippen LogP contribution in [0.15, 0.2) is 48.7 Å². The first-order valence-corrected chi connectivity index (χ1v) is 14.7. The van der Waals surface area contributed by atoms with Crippen LogP contribution >= 0.6 is 0 Å². The van der Waals surface area contributed by atoms with Crippen LogP contribution in [-0.4, -0.2) is 8.07 Å². The summed E-state index contributed by atoms with van der Waals surface area (Å²) in [6, 6.07) is 21.0. The molecule has 0 bridgehead atoms. The SMILES string of the molecule is CC[Si](CC)(CC)c1ccc2c(-c3cc(C4CCCC4)ccc3C)[n+](C)ccc2c1. The second kappa shape index (κ2) is 8.67. The second-order valence-corrected chi connectivity index (χ2v) is 14.7. The lowest BCUT2D eigenvalue weighted by molar-refractivity contribution is -0.659. The van der Waals surface area contributed by atoms with Crippen molar-refractivity contribution in [1.29, 1.82) is 0 Å². The van der Waals surface area contributed by atoms with Gasteiger partial charge in [-0.3, -0.25) is 0 Å². The maximum Gasteiger partial charge on any atom is 0.220 e. The van der Waals surface area contributed by atoms with Crippen LogP contribution in [0.25, 0.3) is 22.0 Å². The number of rotatable bonds is 6. The quantitative estimate of drug-likeness (QED) is 0.300. The van der Waals surface area contributed by atoms with Gasteiger partial charge in [0.05, 0.1) is 13.5 Å². The average molecular weight is 417 g/mol. The molecule has 0 unspecified atom stereocenters. The summed E-state index contributed by atoms with van der Waals surface area (Å²) in [6.45, 7) is 9.47. The molecular formula is C28H38NSi+. The summed E-state index contributed by atoms with van der Waals surface area (Å²) < 4.78 is 2.33. The molecule has 3 aromatic rings. The highest BCUT2D eigenvalue weighted by atomic mass is 28.3. The smallest absolute Gasteiger partial charge is 0.200 e. The Bertz CT molecular complexity index is 1030. The molecule has 1 fully saturated rings. The van der Waals surface area contributed by atoms with Crippen molar-refractivity contribution < 1.29 is 4.57 Å².